The van der Waals surface area contributed by atoms with Gasteiger partial charge in [0.2, 0.25) is 0 Å². The Labute approximate surface area is 128 Å². The molecule has 2 nitrogen and oxygen atoms in total. The molecule has 1 saturated carbocycles. The summed E-state index contributed by atoms with van der Waals surface area (Å²) >= 11 is 5.34. The lowest BCUT2D eigenvalue weighted by atomic mass is 9.87. The van der Waals surface area contributed by atoms with Crippen LogP contribution in [-0.4, -0.2) is 29.5 Å². The van der Waals surface area contributed by atoms with Crippen molar-refractivity contribution in [3.05, 3.63) is 14.5 Å². The molecule has 1 aromatic rings. The maximum absolute atomic E-state index is 4.60. The van der Waals surface area contributed by atoms with Gasteiger partial charge in [-0.15, -0.1) is 11.3 Å². The van der Waals surface area contributed by atoms with E-state index in [0.717, 1.165) is 16.3 Å². The zero-order valence-corrected chi connectivity index (χ0v) is 13.9. The minimum atomic E-state index is 1.01. The third-order valence-electron chi connectivity index (χ3n) is 4.65. The quantitative estimate of drug-likeness (QED) is 0.814. The normalized spacial score (nSPS) is 22.2. The highest BCUT2D eigenvalue weighted by atomic mass is 79.9. The van der Waals surface area contributed by atoms with Crippen LogP contribution in [0.2, 0.25) is 0 Å². The lowest BCUT2D eigenvalue weighted by Gasteiger charge is -2.26. The van der Waals surface area contributed by atoms with Crippen molar-refractivity contribution < 1.29 is 0 Å². The molecule has 0 spiro atoms. The predicted molar refractivity (Wildman–Crippen MR) is 84.9 cm³/mol. The topological polar surface area (TPSA) is 16.1 Å². The van der Waals surface area contributed by atoms with E-state index < -0.39 is 0 Å². The molecular formula is C15H23BrN2S. The number of hydrogen-bond acceptors (Lipinski definition) is 3. The lowest BCUT2D eigenvalue weighted by molar-refractivity contribution is 0.239. The number of halogens is 1. The first-order valence-electron chi connectivity index (χ1n) is 7.67. The maximum atomic E-state index is 4.60. The van der Waals surface area contributed by atoms with Crippen LogP contribution in [0.15, 0.2) is 3.92 Å². The molecule has 0 unspecified atom stereocenters. The first-order valence-corrected chi connectivity index (χ1v) is 9.28. The number of fused-ring (bicyclic) bond motifs is 1. The third kappa shape index (κ3) is 3.79. The lowest BCUT2D eigenvalue weighted by Crippen LogP contribution is -2.29. The molecule has 106 valence electrons. The SMILES string of the molecule is Brc1nc2c(s1)CCN(CCC1CCCCC1)CC2. The highest BCUT2D eigenvalue weighted by Crippen LogP contribution is 2.28. The number of rotatable bonds is 3. The number of nitrogens with zero attached hydrogens (tertiary/aromatic N) is 2. The molecule has 2 aliphatic rings. The second-order valence-corrected chi connectivity index (χ2v) is 8.33. The Hall–Kier alpha value is 0.0700. The van der Waals surface area contributed by atoms with Crippen molar-refractivity contribution in [1.82, 2.24) is 9.88 Å². The van der Waals surface area contributed by atoms with Gasteiger partial charge in [0, 0.05) is 24.4 Å². The molecule has 0 N–H and O–H groups in total. The highest BCUT2D eigenvalue weighted by Gasteiger charge is 2.19. The van der Waals surface area contributed by atoms with Crippen LogP contribution in [0.1, 0.15) is 49.1 Å². The molecule has 0 radical (unpaired) electrons. The largest absolute Gasteiger partial charge is 0.303 e. The Bertz CT molecular complexity index is 387. The number of hydrogen-bond donors (Lipinski definition) is 0. The van der Waals surface area contributed by atoms with E-state index in [9.17, 15) is 0 Å². The molecule has 3 rings (SSSR count). The summed E-state index contributed by atoms with van der Waals surface area (Å²) in [5.41, 5.74) is 1.34. The molecule has 4 heteroatoms. The van der Waals surface area contributed by atoms with E-state index in [0.29, 0.717) is 0 Å². The van der Waals surface area contributed by atoms with Gasteiger partial charge in [-0.3, -0.25) is 0 Å². The first kappa shape index (κ1) is 14.0. The standard InChI is InChI=1S/C15H23BrN2S/c16-15-17-13-7-10-18(11-8-14(13)19-15)9-6-12-4-2-1-3-5-12/h12H,1-11H2. The van der Waals surface area contributed by atoms with Crippen molar-refractivity contribution >= 4 is 27.3 Å². The van der Waals surface area contributed by atoms with Crippen LogP contribution >= 0.6 is 27.3 Å². The minimum absolute atomic E-state index is 1.01. The van der Waals surface area contributed by atoms with Crippen LogP contribution in [0, 0.1) is 5.92 Å². The fourth-order valence-corrected chi connectivity index (χ4v) is 5.06. The van der Waals surface area contributed by atoms with Gasteiger partial charge in [-0.05, 0) is 41.2 Å². The average Bonchev–Trinajstić information content (AvgIpc) is 2.69. The maximum Gasteiger partial charge on any atom is 0.159 e. The fraction of sp³-hybridized carbons (Fsp3) is 0.800. The summed E-state index contributed by atoms with van der Waals surface area (Å²) in [5.74, 6) is 1.01. The van der Waals surface area contributed by atoms with Gasteiger partial charge in [-0.25, -0.2) is 4.98 Å². The summed E-state index contributed by atoms with van der Waals surface area (Å²) in [6, 6.07) is 0. The van der Waals surface area contributed by atoms with Crippen molar-refractivity contribution in [3.63, 3.8) is 0 Å². The van der Waals surface area contributed by atoms with Crippen LogP contribution in [0.4, 0.5) is 0 Å². The van der Waals surface area contributed by atoms with Gasteiger partial charge in [0.05, 0.1) is 5.69 Å². The molecule has 19 heavy (non-hydrogen) atoms. The van der Waals surface area contributed by atoms with Crippen LogP contribution in [0.3, 0.4) is 0 Å². The highest BCUT2D eigenvalue weighted by molar-refractivity contribution is 9.11. The van der Waals surface area contributed by atoms with Crippen LogP contribution < -0.4 is 0 Å². The van der Waals surface area contributed by atoms with E-state index in [1.807, 2.05) is 11.3 Å². The van der Waals surface area contributed by atoms with Gasteiger partial charge >= 0.3 is 0 Å². The predicted octanol–water partition coefficient (Wildman–Crippen LogP) is 4.28. The molecule has 0 atom stereocenters. The summed E-state index contributed by atoms with van der Waals surface area (Å²) in [5, 5.41) is 0. The molecule has 2 heterocycles. The van der Waals surface area contributed by atoms with Gasteiger partial charge in [0.15, 0.2) is 3.92 Å². The number of thiazole rings is 1. The molecule has 1 fully saturated rings. The van der Waals surface area contributed by atoms with Gasteiger partial charge in [-0.2, -0.15) is 0 Å². The summed E-state index contributed by atoms with van der Waals surface area (Å²) < 4.78 is 1.06. The van der Waals surface area contributed by atoms with Crippen molar-refractivity contribution in [1.29, 1.82) is 0 Å². The molecule has 1 aromatic heterocycles. The molecule has 0 aromatic carbocycles. The van der Waals surface area contributed by atoms with Crippen molar-refractivity contribution in [2.24, 2.45) is 5.92 Å². The van der Waals surface area contributed by atoms with Gasteiger partial charge in [0.25, 0.3) is 0 Å². The van der Waals surface area contributed by atoms with Gasteiger partial charge in [-0.1, -0.05) is 32.1 Å². The van der Waals surface area contributed by atoms with Gasteiger partial charge in [0.1, 0.15) is 0 Å². The second-order valence-electron chi connectivity index (χ2n) is 5.97. The summed E-state index contributed by atoms with van der Waals surface area (Å²) in [6.07, 6.45) is 11.1. The van der Waals surface area contributed by atoms with Gasteiger partial charge < -0.3 is 4.90 Å². The number of aromatic nitrogens is 1. The summed E-state index contributed by atoms with van der Waals surface area (Å²) in [6.45, 7) is 3.74. The minimum Gasteiger partial charge on any atom is -0.303 e. The summed E-state index contributed by atoms with van der Waals surface area (Å²) in [4.78, 5) is 8.77. The third-order valence-corrected chi connectivity index (χ3v) is 6.26. The molecule has 0 bridgehead atoms. The van der Waals surface area contributed by atoms with Crippen molar-refractivity contribution in [2.45, 2.75) is 51.4 Å². The second kappa shape index (κ2) is 6.68. The average molecular weight is 343 g/mol. The Morgan fingerprint density at radius 2 is 1.95 bits per heavy atom. The van der Waals surface area contributed by atoms with E-state index in [1.54, 1.807) is 0 Å². The van der Waals surface area contributed by atoms with E-state index in [4.69, 9.17) is 0 Å². The fourth-order valence-electron chi connectivity index (χ4n) is 3.44. The monoisotopic (exact) mass is 342 g/mol. The molecule has 1 aliphatic heterocycles. The Morgan fingerprint density at radius 1 is 1.16 bits per heavy atom. The Balaban J connectivity index is 1.47. The zero-order chi connectivity index (χ0) is 13.1. The van der Waals surface area contributed by atoms with Crippen LogP contribution in [0.5, 0.6) is 0 Å². The molecule has 1 aliphatic carbocycles. The first-order chi connectivity index (χ1) is 9.31. The zero-order valence-electron chi connectivity index (χ0n) is 11.5. The van der Waals surface area contributed by atoms with E-state index in [-0.39, 0.29) is 0 Å². The van der Waals surface area contributed by atoms with E-state index in [1.165, 1.54) is 75.2 Å². The molecule has 0 amide bonds. The Kier molecular flexibility index (Phi) is 4.93. The van der Waals surface area contributed by atoms with Crippen LogP contribution in [0.25, 0.3) is 0 Å². The Morgan fingerprint density at radius 3 is 2.79 bits per heavy atom. The summed E-state index contributed by atoms with van der Waals surface area (Å²) in [7, 11) is 0. The van der Waals surface area contributed by atoms with E-state index in [2.05, 4.69) is 25.8 Å². The van der Waals surface area contributed by atoms with E-state index >= 15 is 0 Å². The van der Waals surface area contributed by atoms with Crippen molar-refractivity contribution in [3.8, 4) is 0 Å². The molecule has 0 saturated heterocycles. The van der Waals surface area contributed by atoms with Crippen LogP contribution in [-0.2, 0) is 12.8 Å². The molecular weight excluding hydrogens is 320 g/mol. The smallest absolute Gasteiger partial charge is 0.159 e. The van der Waals surface area contributed by atoms with Crippen molar-refractivity contribution in [2.75, 3.05) is 19.6 Å².